The number of carbonyl (C=O) groups is 2. The smallest absolute Gasteiger partial charge is 0.390 e. The average Bonchev–Trinajstić information content (AvgIpc) is 3.62. The van der Waals surface area contributed by atoms with E-state index >= 15 is 0 Å². The van der Waals surface area contributed by atoms with E-state index in [0.29, 0.717) is 16.7 Å². The van der Waals surface area contributed by atoms with Gasteiger partial charge in [-0.1, -0.05) is 42.5 Å². The lowest BCUT2D eigenvalue weighted by molar-refractivity contribution is -0.0446. The number of ether oxygens (including phenoxy) is 2. The van der Waals surface area contributed by atoms with E-state index in [9.17, 15) is 28.9 Å². The van der Waals surface area contributed by atoms with Gasteiger partial charge in [-0.25, -0.2) is 9.55 Å². The minimum absolute atomic E-state index is 0.0445. The SMILES string of the molecule is Nc1nc2c(ncn2[C@H]2C[C@H](O)[C@@H](COP(=O)(O)OCCOCCNC(=O)c3ccc(C(=O)c4ccccc4)cc3)O2)c(=O)[nH]1. The van der Waals surface area contributed by atoms with Gasteiger partial charge in [0.1, 0.15) is 12.3 Å². The number of carbonyl (C=O) groups excluding carboxylic acids is 2. The Kier molecular flexibility index (Phi) is 10.1. The van der Waals surface area contributed by atoms with Gasteiger partial charge in [0.2, 0.25) is 5.95 Å². The van der Waals surface area contributed by atoms with Gasteiger partial charge in [-0.15, -0.1) is 0 Å². The predicted octanol–water partition coefficient (Wildman–Crippen LogP) is 1.16. The van der Waals surface area contributed by atoms with Crippen molar-refractivity contribution in [2.24, 2.45) is 0 Å². The maximum atomic E-state index is 12.5. The number of aliphatic hydroxyl groups is 1. The van der Waals surface area contributed by atoms with Gasteiger partial charge in [-0.2, -0.15) is 4.98 Å². The highest BCUT2D eigenvalue weighted by atomic mass is 31.2. The zero-order chi connectivity index (χ0) is 32.0. The van der Waals surface area contributed by atoms with E-state index in [2.05, 4.69) is 20.3 Å². The molecule has 1 unspecified atom stereocenters. The third-order valence-electron chi connectivity index (χ3n) is 6.83. The summed E-state index contributed by atoms with van der Waals surface area (Å²) in [6.07, 6.45) is -1.40. The Morgan fingerprint density at radius 3 is 2.53 bits per heavy atom. The molecular formula is C28H31N6O10P. The van der Waals surface area contributed by atoms with E-state index in [-0.39, 0.29) is 61.6 Å². The number of H-pyrrole nitrogens is 1. The van der Waals surface area contributed by atoms with Crippen molar-refractivity contribution < 1.29 is 42.7 Å². The number of imidazole rings is 1. The van der Waals surface area contributed by atoms with Gasteiger partial charge < -0.3 is 30.5 Å². The highest BCUT2D eigenvalue weighted by Gasteiger charge is 2.38. The lowest BCUT2D eigenvalue weighted by Gasteiger charge is -2.18. The first kappa shape index (κ1) is 32.1. The van der Waals surface area contributed by atoms with E-state index in [1.807, 2.05) is 6.07 Å². The van der Waals surface area contributed by atoms with E-state index < -0.39 is 38.4 Å². The minimum Gasteiger partial charge on any atom is -0.390 e. The van der Waals surface area contributed by atoms with E-state index in [0.717, 1.165) is 0 Å². The number of fused-ring (bicyclic) bond motifs is 1. The lowest BCUT2D eigenvalue weighted by Crippen LogP contribution is -2.27. The Balaban J connectivity index is 0.978. The second kappa shape index (κ2) is 14.2. The molecule has 2 aromatic heterocycles. The van der Waals surface area contributed by atoms with Crippen molar-refractivity contribution in [3.05, 3.63) is 88.0 Å². The lowest BCUT2D eigenvalue weighted by atomic mass is 10.0. The number of hydrogen-bond acceptors (Lipinski definition) is 12. The van der Waals surface area contributed by atoms with Crippen LogP contribution in [0.15, 0.2) is 65.7 Å². The second-order valence-electron chi connectivity index (χ2n) is 9.95. The molecule has 17 heteroatoms. The van der Waals surface area contributed by atoms with Crippen molar-refractivity contribution in [1.82, 2.24) is 24.8 Å². The number of aliphatic hydroxyl groups excluding tert-OH is 1. The van der Waals surface area contributed by atoms with Crippen molar-refractivity contribution in [2.45, 2.75) is 24.9 Å². The van der Waals surface area contributed by atoms with Gasteiger partial charge in [-0.3, -0.25) is 33.0 Å². The summed E-state index contributed by atoms with van der Waals surface area (Å²) in [4.78, 5) is 57.3. The number of phosphoric acid groups is 1. The zero-order valence-corrected chi connectivity index (χ0v) is 24.7. The fourth-order valence-electron chi connectivity index (χ4n) is 4.58. The first-order valence-corrected chi connectivity index (χ1v) is 15.3. The highest BCUT2D eigenvalue weighted by molar-refractivity contribution is 7.47. The van der Waals surface area contributed by atoms with Crippen LogP contribution in [-0.4, -0.2) is 86.4 Å². The Morgan fingerprint density at radius 1 is 1.07 bits per heavy atom. The van der Waals surface area contributed by atoms with Crippen LogP contribution >= 0.6 is 7.82 Å². The molecular weight excluding hydrogens is 611 g/mol. The number of aromatic nitrogens is 4. The number of ketones is 1. The molecule has 1 amide bonds. The fraction of sp³-hybridized carbons (Fsp3) is 0.321. The molecule has 0 radical (unpaired) electrons. The molecule has 0 bridgehead atoms. The molecule has 3 heterocycles. The normalized spacial score (nSPS) is 19.4. The summed E-state index contributed by atoms with van der Waals surface area (Å²) in [6.45, 7) is -0.527. The predicted molar refractivity (Wildman–Crippen MR) is 158 cm³/mol. The molecule has 1 saturated heterocycles. The largest absolute Gasteiger partial charge is 0.472 e. The van der Waals surface area contributed by atoms with Crippen LogP contribution in [-0.2, 0) is 23.1 Å². The number of anilines is 1. The average molecular weight is 643 g/mol. The highest BCUT2D eigenvalue weighted by Crippen LogP contribution is 2.44. The van der Waals surface area contributed by atoms with E-state index in [4.69, 9.17) is 24.3 Å². The van der Waals surface area contributed by atoms with Crippen LogP contribution in [0.5, 0.6) is 0 Å². The minimum atomic E-state index is -4.50. The van der Waals surface area contributed by atoms with Crippen molar-refractivity contribution in [2.75, 3.05) is 38.7 Å². The molecule has 238 valence electrons. The van der Waals surface area contributed by atoms with Crippen LogP contribution in [0.1, 0.15) is 38.9 Å². The van der Waals surface area contributed by atoms with Crippen LogP contribution in [0.2, 0.25) is 0 Å². The van der Waals surface area contributed by atoms with Crippen LogP contribution < -0.4 is 16.6 Å². The van der Waals surface area contributed by atoms with Crippen molar-refractivity contribution in [3.8, 4) is 0 Å². The first-order chi connectivity index (χ1) is 21.6. The summed E-state index contributed by atoms with van der Waals surface area (Å²) < 4.78 is 34.7. The molecule has 2 aromatic carbocycles. The Hall–Kier alpha value is -4.28. The number of rotatable bonds is 14. The monoisotopic (exact) mass is 642 g/mol. The number of hydrogen-bond donors (Lipinski definition) is 5. The third-order valence-corrected chi connectivity index (χ3v) is 7.81. The molecule has 16 nitrogen and oxygen atoms in total. The molecule has 6 N–H and O–H groups in total. The third kappa shape index (κ3) is 8.06. The van der Waals surface area contributed by atoms with Crippen molar-refractivity contribution in [3.63, 3.8) is 0 Å². The molecule has 1 aliphatic heterocycles. The van der Waals surface area contributed by atoms with Crippen molar-refractivity contribution >= 4 is 36.6 Å². The molecule has 1 aliphatic rings. The number of phosphoric ester groups is 1. The molecule has 5 rings (SSSR count). The molecule has 1 fully saturated rings. The Labute approximate surface area is 255 Å². The molecule has 0 aliphatic carbocycles. The molecule has 4 atom stereocenters. The number of aromatic amines is 1. The molecule has 0 spiro atoms. The molecule has 45 heavy (non-hydrogen) atoms. The maximum absolute atomic E-state index is 12.5. The zero-order valence-electron chi connectivity index (χ0n) is 23.8. The number of nitrogens with two attached hydrogens (primary N) is 1. The Bertz CT molecular complexity index is 1750. The summed E-state index contributed by atoms with van der Waals surface area (Å²) in [5.41, 5.74) is 6.69. The molecule has 4 aromatic rings. The number of amides is 1. The summed E-state index contributed by atoms with van der Waals surface area (Å²) in [6, 6.07) is 15.1. The van der Waals surface area contributed by atoms with Gasteiger partial charge in [0, 0.05) is 29.7 Å². The number of nitrogens with one attached hydrogen (secondary N) is 2. The van der Waals surface area contributed by atoms with Crippen LogP contribution in [0.25, 0.3) is 11.2 Å². The molecule has 0 saturated carbocycles. The van der Waals surface area contributed by atoms with Gasteiger partial charge in [-0.05, 0) is 12.1 Å². The standard InChI is InChI=1S/C28H31N6O10P/c29-28-32-25-23(27(38)33-28)31-16-34(25)22-14-20(35)21(44-22)15-43-45(39,40)42-13-12-41-11-10-30-26(37)19-8-6-18(7-9-19)24(36)17-4-2-1-3-5-17/h1-9,16,20-22,35H,10-15H2,(H,30,37)(H,39,40)(H3,29,32,33,38)/t20-,21+,22+/m0/s1. The van der Waals surface area contributed by atoms with Crippen LogP contribution in [0, 0.1) is 0 Å². The number of nitrogens with zero attached hydrogens (tertiary/aromatic N) is 3. The van der Waals surface area contributed by atoms with Crippen LogP contribution in [0.3, 0.4) is 0 Å². The van der Waals surface area contributed by atoms with Crippen molar-refractivity contribution in [1.29, 1.82) is 0 Å². The summed E-state index contributed by atoms with van der Waals surface area (Å²) in [5.74, 6) is -0.604. The van der Waals surface area contributed by atoms with Gasteiger partial charge in [0.25, 0.3) is 11.5 Å². The van der Waals surface area contributed by atoms with Gasteiger partial charge >= 0.3 is 7.82 Å². The summed E-state index contributed by atoms with van der Waals surface area (Å²) >= 11 is 0. The topological polar surface area (TPSA) is 230 Å². The second-order valence-corrected chi connectivity index (χ2v) is 11.4. The van der Waals surface area contributed by atoms with Gasteiger partial charge in [0.05, 0.1) is 38.9 Å². The summed E-state index contributed by atoms with van der Waals surface area (Å²) in [5, 5.41) is 13.1. The van der Waals surface area contributed by atoms with Gasteiger partial charge in [0.15, 0.2) is 16.9 Å². The maximum Gasteiger partial charge on any atom is 0.472 e. The summed E-state index contributed by atoms with van der Waals surface area (Å²) in [7, 11) is -4.50. The first-order valence-electron chi connectivity index (χ1n) is 13.8. The Morgan fingerprint density at radius 2 is 1.78 bits per heavy atom. The number of nitrogen functional groups attached to an aromatic ring is 1. The fourth-order valence-corrected chi connectivity index (χ4v) is 5.29. The van der Waals surface area contributed by atoms with E-state index in [1.54, 1.807) is 48.5 Å². The van der Waals surface area contributed by atoms with E-state index in [1.165, 1.54) is 10.9 Å². The quantitative estimate of drug-likeness (QED) is 0.0739. The number of benzene rings is 2. The van der Waals surface area contributed by atoms with Crippen LogP contribution in [0.4, 0.5) is 5.95 Å².